The second-order valence-corrected chi connectivity index (χ2v) is 21.1. The van der Waals surface area contributed by atoms with Crippen LogP contribution < -0.4 is 0 Å². The lowest BCUT2D eigenvalue weighted by molar-refractivity contribution is -0.251. The topological polar surface area (TPSA) is 93.1 Å². The van der Waals surface area contributed by atoms with Crippen LogP contribution in [0.3, 0.4) is 0 Å². The number of aliphatic hydroxyl groups excluding tert-OH is 1. The normalized spacial score (nSPS) is 44.4. The summed E-state index contributed by atoms with van der Waals surface area (Å²) in [6, 6.07) is 0.621. The molecule has 2 N–H and O–H groups in total. The van der Waals surface area contributed by atoms with Gasteiger partial charge in [0.05, 0.1) is 37.1 Å². The van der Waals surface area contributed by atoms with E-state index in [0.29, 0.717) is 47.2 Å². The lowest BCUT2D eigenvalue weighted by atomic mass is 9.41. The summed E-state index contributed by atoms with van der Waals surface area (Å²) < 4.78 is 30.9. The fourth-order valence-corrected chi connectivity index (χ4v) is 15.3. The highest BCUT2D eigenvalue weighted by Gasteiger charge is 2.83. The van der Waals surface area contributed by atoms with E-state index < -0.39 is 11.7 Å². The lowest BCUT2D eigenvalue weighted by Gasteiger charge is -2.64. The molecule has 2 unspecified atom stereocenters. The number of ether oxygens (including phenoxy) is 5. The first kappa shape index (κ1) is 41.8. The Bertz CT molecular complexity index is 1280. The maximum Gasteiger partial charge on any atom is 0.170 e. The minimum absolute atomic E-state index is 0.0626. The summed E-state index contributed by atoms with van der Waals surface area (Å²) in [4.78, 5) is 5.21. The van der Waals surface area contributed by atoms with Crippen LogP contribution in [-0.4, -0.2) is 129 Å². The highest BCUT2D eigenvalue weighted by atomic mass is 16.7. The molecule has 7 aliphatic rings. The van der Waals surface area contributed by atoms with Gasteiger partial charge in [0.2, 0.25) is 0 Å². The quantitative estimate of drug-likeness (QED) is 0.199. The number of methoxy groups -OCH3 is 2. The molecule has 0 aromatic carbocycles. The Balaban J connectivity index is 1.01. The number of aliphatic hydroxyl groups is 2. The number of piperidine rings is 1. The molecule has 0 bridgehead atoms. The second kappa shape index (κ2) is 15.3. The molecule has 9 heteroatoms. The molecule has 5 saturated carbocycles. The number of nitrogens with zero attached hydrogens (tertiary/aromatic N) is 2. The minimum atomic E-state index is -0.996. The third-order valence-corrected chi connectivity index (χ3v) is 18.2. The van der Waals surface area contributed by atoms with Crippen molar-refractivity contribution in [1.29, 1.82) is 0 Å². The molecule has 312 valence electrons. The highest BCUT2D eigenvalue weighted by molar-refractivity contribution is 5.31. The van der Waals surface area contributed by atoms with Gasteiger partial charge in [0.25, 0.3) is 0 Å². The van der Waals surface area contributed by atoms with Crippen LogP contribution in [0.1, 0.15) is 126 Å². The molecule has 7 fully saturated rings. The van der Waals surface area contributed by atoms with E-state index >= 15 is 0 Å². The van der Waals surface area contributed by atoms with Crippen LogP contribution in [0.15, 0.2) is 0 Å². The van der Waals surface area contributed by atoms with Gasteiger partial charge in [-0.25, -0.2) is 0 Å². The molecule has 2 saturated heterocycles. The van der Waals surface area contributed by atoms with Crippen molar-refractivity contribution in [3.8, 4) is 0 Å². The maximum atomic E-state index is 12.3. The Morgan fingerprint density at radius 2 is 1.63 bits per heavy atom. The van der Waals surface area contributed by atoms with Crippen molar-refractivity contribution in [1.82, 2.24) is 9.80 Å². The molecule has 2 spiro atoms. The van der Waals surface area contributed by atoms with Gasteiger partial charge in [-0.15, -0.1) is 0 Å². The van der Waals surface area contributed by atoms with Gasteiger partial charge >= 0.3 is 0 Å². The van der Waals surface area contributed by atoms with Gasteiger partial charge in [-0.3, -0.25) is 4.90 Å². The van der Waals surface area contributed by atoms with Crippen molar-refractivity contribution in [3.63, 3.8) is 0 Å². The summed E-state index contributed by atoms with van der Waals surface area (Å²) >= 11 is 0. The van der Waals surface area contributed by atoms with E-state index in [1.807, 2.05) is 20.8 Å². The first-order chi connectivity index (χ1) is 25.5. The summed E-state index contributed by atoms with van der Waals surface area (Å²) in [6.45, 7) is 25.5. The Hall–Kier alpha value is -0.360. The van der Waals surface area contributed by atoms with Crippen LogP contribution in [-0.2, 0) is 23.7 Å². The second-order valence-electron chi connectivity index (χ2n) is 21.1. The molecular weight excluding hydrogens is 681 g/mol. The number of rotatable bonds is 14. The molecular formula is C45H80N2O7. The van der Waals surface area contributed by atoms with Gasteiger partial charge in [0.15, 0.2) is 6.29 Å². The van der Waals surface area contributed by atoms with E-state index in [1.54, 1.807) is 14.2 Å². The van der Waals surface area contributed by atoms with Crippen molar-refractivity contribution < 1.29 is 33.9 Å². The van der Waals surface area contributed by atoms with Crippen molar-refractivity contribution in [2.75, 3.05) is 66.8 Å². The van der Waals surface area contributed by atoms with E-state index in [4.69, 9.17) is 23.7 Å². The maximum absolute atomic E-state index is 12.3. The molecule has 0 radical (unpaired) electrons. The first-order valence-electron chi connectivity index (χ1n) is 22.3. The summed E-state index contributed by atoms with van der Waals surface area (Å²) in [6.07, 6.45) is 12.0. The van der Waals surface area contributed by atoms with E-state index in [-0.39, 0.29) is 40.8 Å². The predicted octanol–water partition coefficient (Wildman–Crippen LogP) is 6.77. The number of hydrogen-bond donors (Lipinski definition) is 2. The molecule has 7 rings (SSSR count). The van der Waals surface area contributed by atoms with E-state index in [2.05, 4.69) is 44.4 Å². The third-order valence-electron chi connectivity index (χ3n) is 18.2. The van der Waals surface area contributed by atoms with Crippen LogP contribution in [0, 0.1) is 50.7 Å². The largest absolute Gasteiger partial charge is 0.393 e. The number of morpholine rings is 1. The monoisotopic (exact) mass is 761 g/mol. The molecule has 54 heavy (non-hydrogen) atoms. The lowest BCUT2D eigenvalue weighted by Crippen LogP contribution is -2.60. The van der Waals surface area contributed by atoms with Crippen molar-refractivity contribution in [2.24, 2.45) is 50.7 Å². The van der Waals surface area contributed by atoms with Gasteiger partial charge in [-0.1, -0.05) is 34.6 Å². The van der Waals surface area contributed by atoms with E-state index in [1.165, 1.54) is 51.4 Å². The summed E-state index contributed by atoms with van der Waals surface area (Å²) in [7, 11) is 3.55. The molecule has 5 aliphatic carbocycles. The molecule has 0 aromatic heterocycles. The van der Waals surface area contributed by atoms with Crippen LogP contribution in [0.4, 0.5) is 0 Å². The van der Waals surface area contributed by atoms with Crippen LogP contribution in [0.25, 0.3) is 0 Å². The fraction of sp³-hybridized carbons (Fsp3) is 1.00. The average molecular weight is 761 g/mol. The Morgan fingerprint density at radius 3 is 2.30 bits per heavy atom. The Kier molecular flexibility index (Phi) is 11.9. The molecule has 13 atom stereocenters. The third kappa shape index (κ3) is 6.70. The average Bonchev–Trinajstić information content (AvgIpc) is 3.76. The first-order valence-corrected chi connectivity index (χ1v) is 22.3. The van der Waals surface area contributed by atoms with Crippen molar-refractivity contribution >= 4 is 0 Å². The Morgan fingerprint density at radius 1 is 0.926 bits per heavy atom. The summed E-state index contributed by atoms with van der Waals surface area (Å²) in [5, 5.41) is 23.3. The molecule has 9 nitrogen and oxygen atoms in total. The van der Waals surface area contributed by atoms with E-state index in [9.17, 15) is 10.2 Å². The molecule has 2 aliphatic heterocycles. The van der Waals surface area contributed by atoms with Gasteiger partial charge < -0.3 is 38.8 Å². The van der Waals surface area contributed by atoms with Crippen LogP contribution >= 0.6 is 0 Å². The number of hydrogen-bond acceptors (Lipinski definition) is 9. The Labute approximate surface area is 328 Å². The zero-order valence-corrected chi connectivity index (χ0v) is 36.0. The number of fused-ring (bicyclic) bond motifs is 2. The van der Waals surface area contributed by atoms with Crippen molar-refractivity contribution in [2.45, 2.75) is 168 Å². The SMILES string of the molecule is CCO[C@@H](C(C[C@@H](C)[C@H]1C[C@H](O)[C@@]2(C)C3CC[C@H]4C(C)(C)[C@@H](O[C@H]5CN(C6CCN(CCOC)CC6)CCO5)CC[C@@]45C[C@@]35CC[C@]12C)OC)C(C)(C)O. The highest BCUT2D eigenvalue weighted by Crippen LogP contribution is 2.89. The zero-order valence-electron chi connectivity index (χ0n) is 36.0. The van der Waals surface area contributed by atoms with Gasteiger partial charge in [-0.05, 0) is 150 Å². The van der Waals surface area contributed by atoms with E-state index in [0.717, 1.165) is 65.2 Å². The van der Waals surface area contributed by atoms with Crippen LogP contribution in [0.5, 0.6) is 0 Å². The summed E-state index contributed by atoms with van der Waals surface area (Å²) in [5.74, 6) is 1.96. The molecule has 0 amide bonds. The van der Waals surface area contributed by atoms with Gasteiger partial charge in [0, 0.05) is 51.9 Å². The number of likely N-dealkylation sites (tertiary alicyclic amines) is 1. The molecule has 2 heterocycles. The smallest absolute Gasteiger partial charge is 0.170 e. The predicted molar refractivity (Wildman–Crippen MR) is 212 cm³/mol. The standard InChI is InChI=1S/C45H80N2O7/c1-11-52-39(41(5,6)49)33(51-10)26-30(2)32-27-36(48)43(8)35-13-12-34-40(3,4)37(14-17-44(34)29-45(35,44)19-18-42(32,43)7)54-38-28-47(23-25-53-38)31-15-20-46(21-16-31)22-24-50-9/h30-39,48-49H,11-29H2,1-10H3/t30-,32-,33?,34+,35?,36+,37+,38+,39+,42-,43-,44-,45+/m1/s1. The van der Waals surface area contributed by atoms with Gasteiger partial charge in [0.1, 0.15) is 6.10 Å². The molecule has 0 aromatic rings. The summed E-state index contributed by atoms with van der Waals surface area (Å²) in [5.41, 5.74) is -0.227. The van der Waals surface area contributed by atoms with Crippen LogP contribution in [0.2, 0.25) is 0 Å². The zero-order chi connectivity index (χ0) is 38.9. The van der Waals surface area contributed by atoms with Crippen molar-refractivity contribution in [3.05, 3.63) is 0 Å². The minimum Gasteiger partial charge on any atom is -0.393 e. The van der Waals surface area contributed by atoms with Gasteiger partial charge in [-0.2, -0.15) is 0 Å². The fourth-order valence-electron chi connectivity index (χ4n) is 15.3.